The fourth-order valence-electron chi connectivity index (χ4n) is 1.80. The van der Waals surface area contributed by atoms with Gasteiger partial charge in [-0.2, -0.15) is 0 Å². The molecular formula is C13H18BrFN2O. The molecule has 0 heterocycles. The standard InChI is InChI=1S/C13H18BrFN2O/c1-4-5-13(2,3)17-12(18)8-6-11(16)10(15)7-9(8)14/h6-7H,4-5,16H2,1-3H3,(H,17,18). The molecule has 0 aromatic heterocycles. The fraction of sp³-hybridized carbons (Fsp3) is 0.462. The molecular weight excluding hydrogens is 299 g/mol. The van der Waals surface area contributed by atoms with Crippen LogP contribution in [0.3, 0.4) is 0 Å². The van der Waals surface area contributed by atoms with Crippen molar-refractivity contribution < 1.29 is 9.18 Å². The van der Waals surface area contributed by atoms with E-state index in [0.717, 1.165) is 12.8 Å². The minimum atomic E-state index is -0.536. The van der Waals surface area contributed by atoms with Crippen LogP contribution < -0.4 is 11.1 Å². The summed E-state index contributed by atoms with van der Waals surface area (Å²) < 4.78 is 13.6. The summed E-state index contributed by atoms with van der Waals surface area (Å²) in [6, 6.07) is 2.55. The van der Waals surface area contributed by atoms with E-state index in [0.29, 0.717) is 10.0 Å². The molecule has 0 spiro atoms. The summed E-state index contributed by atoms with van der Waals surface area (Å²) in [7, 11) is 0. The van der Waals surface area contributed by atoms with Crippen LogP contribution in [0, 0.1) is 5.82 Å². The number of rotatable bonds is 4. The second kappa shape index (κ2) is 5.69. The number of nitrogen functional groups attached to an aromatic ring is 1. The predicted molar refractivity (Wildman–Crippen MR) is 75.0 cm³/mol. The third-order valence-corrected chi connectivity index (χ3v) is 3.31. The van der Waals surface area contributed by atoms with Gasteiger partial charge in [-0.25, -0.2) is 4.39 Å². The molecule has 3 nitrogen and oxygen atoms in total. The summed E-state index contributed by atoms with van der Waals surface area (Å²) >= 11 is 3.17. The second-order valence-electron chi connectivity index (χ2n) is 4.94. The lowest BCUT2D eigenvalue weighted by Crippen LogP contribution is -2.43. The van der Waals surface area contributed by atoms with Crippen LogP contribution in [0.5, 0.6) is 0 Å². The van der Waals surface area contributed by atoms with Gasteiger partial charge in [0.15, 0.2) is 0 Å². The quantitative estimate of drug-likeness (QED) is 0.835. The van der Waals surface area contributed by atoms with Gasteiger partial charge >= 0.3 is 0 Å². The Kier molecular flexibility index (Phi) is 4.73. The van der Waals surface area contributed by atoms with Crippen molar-refractivity contribution >= 4 is 27.5 Å². The number of hydrogen-bond acceptors (Lipinski definition) is 2. The molecule has 1 aromatic carbocycles. The monoisotopic (exact) mass is 316 g/mol. The van der Waals surface area contributed by atoms with Gasteiger partial charge in [0.1, 0.15) is 5.82 Å². The third kappa shape index (κ3) is 3.70. The minimum absolute atomic E-state index is 0.0309. The molecule has 0 saturated carbocycles. The van der Waals surface area contributed by atoms with Crippen LogP contribution in [0.25, 0.3) is 0 Å². The first-order chi connectivity index (χ1) is 8.26. The van der Waals surface area contributed by atoms with E-state index < -0.39 is 5.82 Å². The fourth-order valence-corrected chi connectivity index (χ4v) is 2.30. The summed E-state index contributed by atoms with van der Waals surface area (Å²) in [4.78, 5) is 12.1. The molecule has 0 saturated heterocycles. The van der Waals surface area contributed by atoms with Gasteiger partial charge in [-0.05, 0) is 48.3 Å². The second-order valence-corrected chi connectivity index (χ2v) is 5.80. The van der Waals surface area contributed by atoms with Crippen molar-refractivity contribution in [1.82, 2.24) is 5.32 Å². The number of carbonyl (C=O) groups excluding carboxylic acids is 1. The van der Waals surface area contributed by atoms with Crippen molar-refractivity contribution in [3.05, 3.63) is 28.0 Å². The Labute approximate surface area is 115 Å². The number of nitrogens with two attached hydrogens (primary N) is 1. The van der Waals surface area contributed by atoms with Crippen molar-refractivity contribution in [3.8, 4) is 0 Å². The Morgan fingerprint density at radius 1 is 1.50 bits per heavy atom. The molecule has 0 radical (unpaired) electrons. The number of carbonyl (C=O) groups is 1. The van der Waals surface area contributed by atoms with Crippen LogP contribution in [0.4, 0.5) is 10.1 Å². The zero-order chi connectivity index (χ0) is 13.9. The largest absolute Gasteiger partial charge is 0.396 e. The van der Waals surface area contributed by atoms with Gasteiger partial charge in [0, 0.05) is 10.0 Å². The number of halogens is 2. The molecule has 0 aliphatic rings. The van der Waals surface area contributed by atoms with E-state index in [9.17, 15) is 9.18 Å². The van der Waals surface area contributed by atoms with E-state index in [1.54, 1.807) is 0 Å². The van der Waals surface area contributed by atoms with E-state index in [2.05, 4.69) is 28.2 Å². The molecule has 3 N–H and O–H groups in total. The average Bonchev–Trinajstić information content (AvgIpc) is 2.22. The van der Waals surface area contributed by atoms with Gasteiger partial charge in [-0.3, -0.25) is 4.79 Å². The topological polar surface area (TPSA) is 55.1 Å². The molecule has 1 amide bonds. The molecule has 0 bridgehead atoms. The number of amides is 1. The maximum absolute atomic E-state index is 13.2. The van der Waals surface area contributed by atoms with Gasteiger partial charge in [0.2, 0.25) is 0 Å². The smallest absolute Gasteiger partial charge is 0.252 e. The number of benzene rings is 1. The van der Waals surface area contributed by atoms with Gasteiger partial charge in [-0.1, -0.05) is 13.3 Å². The van der Waals surface area contributed by atoms with Crippen molar-refractivity contribution in [2.75, 3.05) is 5.73 Å². The Morgan fingerprint density at radius 3 is 2.67 bits per heavy atom. The van der Waals surface area contributed by atoms with E-state index in [1.807, 2.05) is 13.8 Å². The van der Waals surface area contributed by atoms with Gasteiger partial charge in [0.25, 0.3) is 5.91 Å². The highest BCUT2D eigenvalue weighted by molar-refractivity contribution is 9.10. The Hall–Kier alpha value is -1.10. The lowest BCUT2D eigenvalue weighted by molar-refractivity contribution is 0.0908. The zero-order valence-corrected chi connectivity index (χ0v) is 12.4. The Balaban J connectivity index is 2.95. The molecule has 0 atom stereocenters. The SMILES string of the molecule is CCCC(C)(C)NC(=O)c1cc(N)c(F)cc1Br. The summed E-state index contributed by atoms with van der Waals surface area (Å²) in [5.41, 5.74) is 5.49. The number of anilines is 1. The minimum Gasteiger partial charge on any atom is -0.396 e. The van der Waals surface area contributed by atoms with Crippen LogP contribution in [0.15, 0.2) is 16.6 Å². The molecule has 1 rings (SSSR count). The van der Waals surface area contributed by atoms with E-state index in [1.165, 1.54) is 12.1 Å². The Bertz CT molecular complexity index is 461. The highest BCUT2D eigenvalue weighted by Gasteiger charge is 2.22. The summed E-state index contributed by atoms with van der Waals surface area (Å²) in [5.74, 6) is -0.793. The zero-order valence-electron chi connectivity index (χ0n) is 10.8. The third-order valence-electron chi connectivity index (χ3n) is 2.66. The lowest BCUT2D eigenvalue weighted by atomic mass is 9.98. The molecule has 1 aromatic rings. The molecule has 5 heteroatoms. The van der Waals surface area contributed by atoms with Gasteiger partial charge in [-0.15, -0.1) is 0 Å². The highest BCUT2D eigenvalue weighted by Crippen LogP contribution is 2.23. The van der Waals surface area contributed by atoms with Crippen molar-refractivity contribution in [1.29, 1.82) is 0 Å². The lowest BCUT2D eigenvalue weighted by Gasteiger charge is -2.26. The Morgan fingerprint density at radius 2 is 2.11 bits per heavy atom. The summed E-state index contributed by atoms with van der Waals surface area (Å²) in [6.45, 7) is 5.96. The summed E-state index contributed by atoms with van der Waals surface area (Å²) in [5, 5.41) is 2.91. The normalized spacial score (nSPS) is 11.4. The maximum atomic E-state index is 13.2. The van der Waals surface area contributed by atoms with Crippen LogP contribution in [-0.4, -0.2) is 11.4 Å². The molecule has 0 aliphatic heterocycles. The van der Waals surface area contributed by atoms with E-state index in [4.69, 9.17) is 5.73 Å². The first-order valence-electron chi connectivity index (χ1n) is 5.84. The molecule has 18 heavy (non-hydrogen) atoms. The van der Waals surface area contributed by atoms with Gasteiger partial charge < -0.3 is 11.1 Å². The molecule has 0 fully saturated rings. The molecule has 0 unspecified atom stereocenters. The van der Waals surface area contributed by atoms with Crippen LogP contribution in [-0.2, 0) is 0 Å². The predicted octanol–water partition coefficient (Wildman–Crippen LogP) is 3.48. The van der Waals surface area contributed by atoms with Crippen LogP contribution >= 0.6 is 15.9 Å². The molecule has 0 aliphatic carbocycles. The van der Waals surface area contributed by atoms with E-state index in [-0.39, 0.29) is 17.1 Å². The first kappa shape index (κ1) is 15.0. The first-order valence-corrected chi connectivity index (χ1v) is 6.63. The van der Waals surface area contributed by atoms with E-state index >= 15 is 0 Å². The van der Waals surface area contributed by atoms with Crippen LogP contribution in [0.1, 0.15) is 44.0 Å². The molecule has 100 valence electrons. The maximum Gasteiger partial charge on any atom is 0.252 e. The van der Waals surface area contributed by atoms with Crippen LogP contribution in [0.2, 0.25) is 0 Å². The average molecular weight is 317 g/mol. The highest BCUT2D eigenvalue weighted by atomic mass is 79.9. The van der Waals surface area contributed by atoms with Crippen molar-refractivity contribution in [3.63, 3.8) is 0 Å². The van der Waals surface area contributed by atoms with Gasteiger partial charge in [0.05, 0.1) is 11.3 Å². The van der Waals surface area contributed by atoms with Crippen molar-refractivity contribution in [2.24, 2.45) is 0 Å². The van der Waals surface area contributed by atoms with Crippen molar-refractivity contribution in [2.45, 2.75) is 39.2 Å². The number of nitrogens with one attached hydrogen (secondary N) is 1. The number of hydrogen-bond donors (Lipinski definition) is 2. The summed E-state index contributed by atoms with van der Waals surface area (Å²) in [6.07, 6.45) is 1.84.